The number of thiocarbonyl (C=S) groups is 1. The second-order valence-electron chi connectivity index (χ2n) is 3.95. The molecular formula is C10H19N5S. The molecule has 1 heterocycles. The average Bonchev–Trinajstić information content (AvgIpc) is 2.64. The zero-order valence-electron chi connectivity index (χ0n) is 10.1. The summed E-state index contributed by atoms with van der Waals surface area (Å²) < 4.78 is 1.70. The zero-order chi connectivity index (χ0) is 12.0. The van der Waals surface area contributed by atoms with Gasteiger partial charge < -0.3 is 5.32 Å². The Bertz CT molecular complexity index is 336. The minimum absolute atomic E-state index is 0.462. The van der Waals surface area contributed by atoms with Crippen LogP contribution in [0.15, 0.2) is 0 Å². The Morgan fingerprint density at radius 3 is 2.88 bits per heavy atom. The summed E-state index contributed by atoms with van der Waals surface area (Å²) in [4.78, 5) is 0.935. The number of nitrogens with one attached hydrogen (secondary N) is 1. The van der Waals surface area contributed by atoms with E-state index in [1.807, 2.05) is 7.05 Å². The lowest BCUT2D eigenvalue weighted by atomic mass is 10.2. The van der Waals surface area contributed by atoms with Crippen molar-refractivity contribution in [3.8, 4) is 0 Å². The van der Waals surface area contributed by atoms with E-state index in [0.29, 0.717) is 6.04 Å². The third kappa shape index (κ3) is 4.22. The molecule has 0 aliphatic rings. The van der Waals surface area contributed by atoms with Gasteiger partial charge in [0.25, 0.3) is 0 Å². The van der Waals surface area contributed by atoms with Gasteiger partial charge in [-0.2, -0.15) is 0 Å². The lowest BCUT2D eigenvalue weighted by molar-refractivity contribution is 0.630. The number of hydrogen-bond donors (Lipinski definition) is 1. The van der Waals surface area contributed by atoms with Crippen molar-refractivity contribution in [2.45, 2.75) is 45.6 Å². The topological polar surface area (TPSA) is 55.6 Å². The Balaban J connectivity index is 2.21. The highest BCUT2D eigenvalue weighted by Gasteiger charge is 2.04. The number of aromatic nitrogens is 4. The Hall–Kier alpha value is -1.04. The summed E-state index contributed by atoms with van der Waals surface area (Å²) in [6.07, 6.45) is 3.84. The van der Waals surface area contributed by atoms with Gasteiger partial charge in [0, 0.05) is 19.5 Å². The monoisotopic (exact) mass is 241 g/mol. The summed E-state index contributed by atoms with van der Waals surface area (Å²) >= 11 is 5.25. The van der Waals surface area contributed by atoms with Gasteiger partial charge in [0.05, 0.1) is 4.99 Å². The van der Waals surface area contributed by atoms with E-state index in [9.17, 15) is 0 Å². The first-order chi connectivity index (χ1) is 7.63. The third-order valence-electron chi connectivity index (χ3n) is 2.53. The maximum Gasteiger partial charge on any atom is 0.150 e. The van der Waals surface area contributed by atoms with Crippen molar-refractivity contribution in [3.63, 3.8) is 0 Å². The lowest BCUT2D eigenvalue weighted by Gasteiger charge is -2.13. The molecule has 0 aromatic carbocycles. The maximum absolute atomic E-state index is 5.25. The van der Waals surface area contributed by atoms with Crippen molar-refractivity contribution < 1.29 is 0 Å². The molecular weight excluding hydrogens is 222 g/mol. The molecule has 0 fully saturated rings. The minimum atomic E-state index is 0.462. The first kappa shape index (κ1) is 13.0. The molecule has 1 rings (SSSR count). The van der Waals surface area contributed by atoms with E-state index in [1.54, 1.807) is 4.68 Å². The quantitative estimate of drug-likeness (QED) is 0.760. The van der Waals surface area contributed by atoms with Gasteiger partial charge in [0.15, 0.2) is 5.82 Å². The van der Waals surface area contributed by atoms with Gasteiger partial charge in [-0.1, -0.05) is 19.1 Å². The Labute approximate surface area is 102 Å². The molecule has 1 aromatic rings. The summed E-state index contributed by atoms with van der Waals surface area (Å²) in [6.45, 7) is 4.28. The van der Waals surface area contributed by atoms with Crippen molar-refractivity contribution in [3.05, 3.63) is 5.82 Å². The van der Waals surface area contributed by atoms with Crippen molar-refractivity contribution in [2.24, 2.45) is 7.05 Å². The van der Waals surface area contributed by atoms with Crippen LogP contribution < -0.4 is 5.32 Å². The van der Waals surface area contributed by atoms with Gasteiger partial charge in [-0.25, -0.2) is 4.68 Å². The van der Waals surface area contributed by atoms with Crippen LogP contribution >= 0.6 is 12.2 Å². The number of tetrazole rings is 1. The fourth-order valence-corrected chi connectivity index (χ4v) is 1.66. The molecule has 0 spiro atoms. The third-order valence-corrected chi connectivity index (χ3v) is 2.85. The second-order valence-corrected chi connectivity index (χ2v) is 4.44. The van der Waals surface area contributed by atoms with Gasteiger partial charge in [-0.05, 0) is 36.6 Å². The normalized spacial score (nSPS) is 12.4. The van der Waals surface area contributed by atoms with Crippen LogP contribution in [0, 0.1) is 0 Å². The molecule has 5 nitrogen and oxygen atoms in total. The van der Waals surface area contributed by atoms with Crippen LogP contribution in [-0.2, 0) is 13.5 Å². The molecule has 0 amide bonds. The molecule has 0 saturated carbocycles. The smallest absolute Gasteiger partial charge is 0.150 e. The number of aryl methyl sites for hydroxylation is 2. The first-order valence-electron chi connectivity index (χ1n) is 5.64. The molecule has 0 aliphatic heterocycles. The van der Waals surface area contributed by atoms with E-state index < -0.39 is 0 Å². The summed E-state index contributed by atoms with van der Waals surface area (Å²) in [6, 6.07) is 0.462. The van der Waals surface area contributed by atoms with E-state index in [4.69, 9.17) is 12.2 Å². The van der Waals surface area contributed by atoms with E-state index in [-0.39, 0.29) is 0 Å². The Kier molecular flexibility index (Phi) is 5.31. The first-order valence-corrected chi connectivity index (χ1v) is 6.05. The van der Waals surface area contributed by atoms with Gasteiger partial charge in [-0.3, -0.25) is 0 Å². The van der Waals surface area contributed by atoms with E-state index in [2.05, 4.69) is 34.7 Å². The molecule has 1 aromatic heterocycles. The zero-order valence-corrected chi connectivity index (χ0v) is 10.9. The van der Waals surface area contributed by atoms with Crippen molar-refractivity contribution in [1.82, 2.24) is 25.5 Å². The molecule has 16 heavy (non-hydrogen) atoms. The van der Waals surface area contributed by atoms with Gasteiger partial charge in [-0.15, -0.1) is 5.10 Å². The summed E-state index contributed by atoms with van der Waals surface area (Å²) in [5.41, 5.74) is 0. The van der Waals surface area contributed by atoms with Crippen molar-refractivity contribution in [1.29, 1.82) is 0 Å². The minimum Gasteiger partial charge on any atom is -0.377 e. The highest BCUT2D eigenvalue weighted by Crippen LogP contribution is 2.01. The van der Waals surface area contributed by atoms with Crippen LogP contribution in [0.2, 0.25) is 0 Å². The van der Waals surface area contributed by atoms with Gasteiger partial charge >= 0.3 is 0 Å². The van der Waals surface area contributed by atoms with Crippen LogP contribution in [0.5, 0.6) is 0 Å². The fraction of sp³-hybridized carbons (Fsp3) is 0.800. The van der Waals surface area contributed by atoms with Gasteiger partial charge in [0.1, 0.15) is 0 Å². The summed E-state index contributed by atoms with van der Waals surface area (Å²) in [7, 11) is 1.85. The van der Waals surface area contributed by atoms with Crippen LogP contribution in [0.1, 0.15) is 38.9 Å². The van der Waals surface area contributed by atoms with E-state index >= 15 is 0 Å². The predicted octanol–water partition coefficient (Wildman–Crippen LogP) is 1.25. The second kappa shape index (κ2) is 6.52. The largest absolute Gasteiger partial charge is 0.377 e. The van der Waals surface area contributed by atoms with Crippen LogP contribution in [0.3, 0.4) is 0 Å². The SMILES string of the molecule is CCC(C)NC(=S)CCCc1nnnn1C. The maximum atomic E-state index is 5.25. The van der Waals surface area contributed by atoms with E-state index in [0.717, 1.165) is 36.5 Å². The van der Waals surface area contributed by atoms with Crippen LogP contribution in [-0.4, -0.2) is 31.2 Å². The number of hydrogen-bond acceptors (Lipinski definition) is 4. The lowest BCUT2D eigenvalue weighted by Crippen LogP contribution is -2.30. The summed E-state index contributed by atoms with van der Waals surface area (Å²) in [5.74, 6) is 0.909. The average molecular weight is 241 g/mol. The molecule has 0 aliphatic carbocycles. The summed E-state index contributed by atoms with van der Waals surface area (Å²) in [5, 5.41) is 14.6. The molecule has 1 unspecified atom stereocenters. The standard InChI is InChI=1S/C10H19N5S/c1-4-8(2)11-10(16)7-5-6-9-12-13-14-15(9)3/h8H,4-7H2,1-3H3,(H,11,16). The number of rotatable bonds is 6. The van der Waals surface area contributed by atoms with Crippen molar-refractivity contribution in [2.75, 3.05) is 0 Å². The van der Waals surface area contributed by atoms with Crippen molar-refractivity contribution >= 4 is 17.2 Å². The van der Waals surface area contributed by atoms with Crippen LogP contribution in [0.4, 0.5) is 0 Å². The molecule has 0 bridgehead atoms. The molecule has 0 radical (unpaired) electrons. The van der Waals surface area contributed by atoms with E-state index in [1.165, 1.54) is 0 Å². The predicted molar refractivity (Wildman–Crippen MR) is 67.2 cm³/mol. The highest BCUT2D eigenvalue weighted by atomic mass is 32.1. The number of nitrogens with zero attached hydrogens (tertiary/aromatic N) is 4. The molecule has 0 saturated heterocycles. The molecule has 1 N–H and O–H groups in total. The fourth-order valence-electron chi connectivity index (χ4n) is 1.32. The van der Waals surface area contributed by atoms with Crippen LogP contribution in [0.25, 0.3) is 0 Å². The highest BCUT2D eigenvalue weighted by molar-refractivity contribution is 7.80. The molecule has 1 atom stereocenters. The Morgan fingerprint density at radius 2 is 2.31 bits per heavy atom. The molecule has 90 valence electrons. The molecule has 6 heteroatoms. The Morgan fingerprint density at radius 1 is 1.56 bits per heavy atom. The van der Waals surface area contributed by atoms with Gasteiger partial charge in [0.2, 0.25) is 0 Å².